The van der Waals surface area contributed by atoms with Crippen LogP contribution in [0.15, 0.2) is 12.2 Å². The van der Waals surface area contributed by atoms with Crippen molar-refractivity contribution in [1.82, 2.24) is 0 Å². The average Bonchev–Trinajstić information content (AvgIpc) is 2.33. The zero-order chi connectivity index (χ0) is 12.9. The van der Waals surface area contributed by atoms with E-state index in [-0.39, 0.29) is 5.97 Å². The van der Waals surface area contributed by atoms with E-state index in [2.05, 4.69) is 20.4 Å². The smallest absolute Gasteiger partial charge is 0.333 e. The number of ether oxygens (including phenoxy) is 1. The summed E-state index contributed by atoms with van der Waals surface area (Å²) in [6.45, 7) is 8.68. The molecular weight excluding hydrogens is 212 g/mol. The summed E-state index contributed by atoms with van der Waals surface area (Å²) in [5.74, 6) is -0.198. The highest BCUT2D eigenvalue weighted by Gasteiger charge is 2.07. The second-order valence-electron chi connectivity index (χ2n) is 4.61. The van der Waals surface area contributed by atoms with Crippen LogP contribution in [0.2, 0.25) is 0 Å². The van der Waals surface area contributed by atoms with Gasteiger partial charge in [-0.3, -0.25) is 0 Å². The predicted octanol–water partition coefficient (Wildman–Crippen LogP) is 4.64. The molecule has 0 fully saturated rings. The van der Waals surface area contributed by atoms with Gasteiger partial charge in [-0.25, -0.2) is 4.79 Å². The number of unbranched alkanes of at least 4 members (excludes halogenated alkanes) is 6. The van der Waals surface area contributed by atoms with Crippen LogP contribution in [0, 0.1) is 0 Å². The summed E-state index contributed by atoms with van der Waals surface area (Å²) < 4.78 is 5.18. The van der Waals surface area contributed by atoms with E-state index >= 15 is 0 Å². The van der Waals surface area contributed by atoms with Crippen LogP contribution in [0.1, 0.15) is 71.6 Å². The molecule has 0 saturated heterocycles. The predicted molar refractivity (Wildman–Crippen MR) is 73.0 cm³/mol. The zero-order valence-corrected chi connectivity index (χ0v) is 11.6. The number of esters is 1. The van der Waals surface area contributed by atoms with Crippen molar-refractivity contribution < 1.29 is 9.53 Å². The average molecular weight is 240 g/mol. The lowest BCUT2D eigenvalue weighted by atomic mass is 10.1. The largest absolute Gasteiger partial charge is 0.462 e. The van der Waals surface area contributed by atoms with E-state index in [4.69, 9.17) is 4.74 Å². The maximum Gasteiger partial charge on any atom is 0.333 e. The molecule has 0 aliphatic carbocycles. The van der Waals surface area contributed by atoms with Crippen LogP contribution in [0.5, 0.6) is 0 Å². The maximum absolute atomic E-state index is 11.5. The molecule has 0 aromatic carbocycles. The Labute approximate surface area is 106 Å². The Kier molecular flexibility index (Phi) is 11.1. The van der Waals surface area contributed by atoms with Gasteiger partial charge in [0, 0.05) is 5.57 Å². The SMILES string of the molecule is C=C(CCCCC)C(=O)OCCCCCCC. The van der Waals surface area contributed by atoms with Gasteiger partial charge < -0.3 is 4.74 Å². The van der Waals surface area contributed by atoms with Crippen molar-refractivity contribution in [2.75, 3.05) is 6.61 Å². The monoisotopic (exact) mass is 240 g/mol. The molecule has 0 spiro atoms. The van der Waals surface area contributed by atoms with Gasteiger partial charge in [0.2, 0.25) is 0 Å². The molecule has 0 heterocycles. The summed E-state index contributed by atoms with van der Waals surface area (Å²) in [4.78, 5) is 11.5. The second-order valence-corrected chi connectivity index (χ2v) is 4.61. The zero-order valence-electron chi connectivity index (χ0n) is 11.6. The molecule has 0 atom stereocenters. The first-order valence-corrected chi connectivity index (χ1v) is 7.07. The molecule has 0 rings (SSSR count). The van der Waals surface area contributed by atoms with Crippen molar-refractivity contribution in [3.8, 4) is 0 Å². The summed E-state index contributed by atoms with van der Waals surface area (Å²) in [5.41, 5.74) is 0.631. The summed E-state index contributed by atoms with van der Waals surface area (Å²) in [5, 5.41) is 0. The van der Waals surface area contributed by atoms with E-state index in [0.717, 1.165) is 32.1 Å². The van der Waals surface area contributed by atoms with Gasteiger partial charge in [-0.1, -0.05) is 59.0 Å². The van der Waals surface area contributed by atoms with Crippen molar-refractivity contribution in [1.29, 1.82) is 0 Å². The van der Waals surface area contributed by atoms with Crippen molar-refractivity contribution in [3.05, 3.63) is 12.2 Å². The Morgan fingerprint density at radius 2 is 1.53 bits per heavy atom. The van der Waals surface area contributed by atoms with Crippen LogP contribution >= 0.6 is 0 Å². The first-order valence-electron chi connectivity index (χ1n) is 7.07. The molecule has 2 heteroatoms. The Balaban J connectivity index is 3.41. The van der Waals surface area contributed by atoms with E-state index in [0.29, 0.717) is 12.2 Å². The lowest BCUT2D eigenvalue weighted by Crippen LogP contribution is -2.08. The molecule has 2 nitrogen and oxygen atoms in total. The Bertz CT molecular complexity index is 209. The number of carbonyl (C=O) groups excluding carboxylic acids is 1. The number of hydrogen-bond acceptors (Lipinski definition) is 2. The quantitative estimate of drug-likeness (QED) is 0.299. The summed E-state index contributed by atoms with van der Waals surface area (Å²) in [7, 11) is 0. The lowest BCUT2D eigenvalue weighted by molar-refractivity contribution is -0.139. The first-order chi connectivity index (χ1) is 8.22. The Hall–Kier alpha value is -0.790. The molecule has 0 unspecified atom stereocenters. The summed E-state index contributed by atoms with van der Waals surface area (Å²) >= 11 is 0. The lowest BCUT2D eigenvalue weighted by Gasteiger charge is -2.06. The molecule has 0 saturated carbocycles. The molecular formula is C15H28O2. The normalized spacial score (nSPS) is 10.2. The van der Waals surface area contributed by atoms with Gasteiger partial charge in [-0.15, -0.1) is 0 Å². The van der Waals surface area contributed by atoms with E-state index in [1.165, 1.54) is 25.7 Å². The molecule has 0 N–H and O–H groups in total. The third kappa shape index (κ3) is 10.1. The van der Waals surface area contributed by atoms with Crippen LogP contribution < -0.4 is 0 Å². The molecule has 100 valence electrons. The third-order valence-corrected chi connectivity index (χ3v) is 2.85. The second kappa shape index (κ2) is 11.7. The minimum atomic E-state index is -0.198. The molecule has 0 aromatic rings. The van der Waals surface area contributed by atoms with Crippen molar-refractivity contribution in [3.63, 3.8) is 0 Å². The minimum absolute atomic E-state index is 0.198. The first kappa shape index (κ1) is 16.2. The number of hydrogen-bond donors (Lipinski definition) is 0. The minimum Gasteiger partial charge on any atom is -0.462 e. The standard InChI is InChI=1S/C15H28O2/c1-4-6-8-9-11-13-17-15(16)14(3)12-10-7-5-2/h3-13H2,1-2H3. The van der Waals surface area contributed by atoms with Crippen LogP contribution in [0.25, 0.3) is 0 Å². The summed E-state index contributed by atoms with van der Waals surface area (Å²) in [6.07, 6.45) is 10.0. The highest BCUT2D eigenvalue weighted by atomic mass is 16.5. The number of carbonyl (C=O) groups is 1. The fraction of sp³-hybridized carbons (Fsp3) is 0.800. The van der Waals surface area contributed by atoms with Gasteiger partial charge in [0.05, 0.1) is 6.61 Å². The van der Waals surface area contributed by atoms with Gasteiger partial charge in [0.15, 0.2) is 0 Å². The fourth-order valence-corrected chi connectivity index (χ4v) is 1.66. The van der Waals surface area contributed by atoms with E-state index < -0.39 is 0 Å². The van der Waals surface area contributed by atoms with Gasteiger partial charge in [0.25, 0.3) is 0 Å². The van der Waals surface area contributed by atoms with Gasteiger partial charge in [0.1, 0.15) is 0 Å². The van der Waals surface area contributed by atoms with E-state index in [1.54, 1.807) is 0 Å². The van der Waals surface area contributed by atoms with Crippen molar-refractivity contribution >= 4 is 5.97 Å². The van der Waals surface area contributed by atoms with Crippen LogP contribution in [0.4, 0.5) is 0 Å². The topological polar surface area (TPSA) is 26.3 Å². The maximum atomic E-state index is 11.5. The van der Waals surface area contributed by atoms with E-state index in [9.17, 15) is 4.79 Å². The van der Waals surface area contributed by atoms with Gasteiger partial charge >= 0.3 is 5.97 Å². The number of rotatable bonds is 11. The fourth-order valence-electron chi connectivity index (χ4n) is 1.66. The van der Waals surface area contributed by atoms with Crippen molar-refractivity contribution in [2.45, 2.75) is 71.6 Å². The third-order valence-electron chi connectivity index (χ3n) is 2.85. The Morgan fingerprint density at radius 1 is 0.941 bits per heavy atom. The highest BCUT2D eigenvalue weighted by molar-refractivity contribution is 5.87. The van der Waals surface area contributed by atoms with Crippen LogP contribution in [-0.4, -0.2) is 12.6 Å². The van der Waals surface area contributed by atoms with Crippen LogP contribution in [-0.2, 0) is 9.53 Å². The van der Waals surface area contributed by atoms with Gasteiger partial charge in [-0.05, 0) is 19.3 Å². The highest BCUT2D eigenvalue weighted by Crippen LogP contribution is 2.09. The molecule has 0 aliphatic heterocycles. The molecule has 0 aliphatic rings. The summed E-state index contributed by atoms with van der Waals surface area (Å²) in [6, 6.07) is 0. The van der Waals surface area contributed by atoms with E-state index in [1.807, 2.05) is 0 Å². The molecule has 0 amide bonds. The molecule has 0 aromatic heterocycles. The molecule has 0 radical (unpaired) electrons. The Morgan fingerprint density at radius 3 is 2.18 bits per heavy atom. The molecule has 0 bridgehead atoms. The van der Waals surface area contributed by atoms with Crippen LogP contribution in [0.3, 0.4) is 0 Å². The van der Waals surface area contributed by atoms with Crippen molar-refractivity contribution in [2.24, 2.45) is 0 Å². The molecule has 17 heavy (non-hydrogen) atoms. The van der Waals surface area contributed by atoms with Gasteiger partial charge in [-0.2, -0.15) is 0 Å².